The third-order valence-corrected chi connectivity index (χ3v) is 1.16. The minimum atomic E-state index is 0.411. The monoisotopic (exact) mass is 141 g/mol. The smallest absolute Gasteiger partial charge is 0.0851 e. The summed E-state index contributed by atoms with van der Waals surface area (Å²) >= 11 is 0. The van der Waals surface area contributed by atoms with Gasteiger partial charge in [0.25, 0.3) is 0 Å². The molecule has 0 aromatic carbocycles. The number of rotatable bonds is 4. The van der Waals surface area contributed by atoms with Crippen molar-refractivity contribution in [3.8, 4) is 0 Å². The maximum atomic E-state index is 8.74. The lowest BCUT2D eigenvalue weighted by Gasteiger charge is -1.89. The molecule has 2 heteroatoms. The zero-order chi connectivity index (χ0) is 7.82. The molecular formula is C8H15NO. The molecule has 0 aliphatic heterocycles. The molecule has 0 rings (SSSR count). The molecule has 0 atom stereocenters. The fourth-order valence-corrected chi connectivity index (χ4v) is 0.649. The predicted octanol–water partition coefficient (Wildman–Crippen LogP) is 2.32. The molecule has 58 valence electrons. The van der Waals surface area contributed by atoms with Crippen molar-refractivity contribution >= 4 is 6.21 Å². The molecule has 0 aromatic rings. The van der Waals surface area contributed by atoms with Crippen LogP contribution < -0.4 is 0 Å². The molecule has 0 bridgehead atoms. The lowest BCUT2D eigenvalue weighted by molar-refractivity contribution is 0.411. The lowest BCUT2D eigenvalue weighted by atomic mass is 10.2. The second-order valence-corrected chi connectivity index (χ2v) is 2.22. The highest BCUT2D eigenvalue weighted by atomic mass is 16.3. The average Bonchev–Trinajstić information content (AvgIpc) is 1.87. The van der Waals surface area contributed by atoms with E-state index in [1.165, 1.54) is 0 Å². The highest BCUT2D eigenvalue weighted by molar-refractivity contribution is 5.56. The van der Waals surface area contributed by atoms with Gasteiger partial charge in [0, 0.05) is 7.05 Å². The van der Waals surface area contributed by atoms with E-state index in [9.17, 15) is 0 Å². The van der Waals surface area contributed by atoms with Crippen LogP contribution in [0.2, 0.25) is 0 Å². The van der Waals surface area contributed by atoms with Gasteiger partial charge in [-0.05, 0) is 38.5 Å². The maximum absolute atomic E-state index is 8.74. The number of aliphatic hydroxyl groups excluding tert-OH is 1. The average molecular weight is 141 g/mol. The van der Waals surface area contributed by atoms with E-state index in [0.29, 0.717) is 5.76 Å². The zero-order valence-electron chi connectivity index (χ0n) is 6.67. The molecule has 0 fully saturated rings. The maximum Gasteiger partial charge on any atom is 0.0851 e. The summed E-state index contributed by atoms with van der Waals surface area (Å²) in [6.45, 7) is 1.69. The van der Waals surface area contributed by atoms with Crippen LogP contribution in [0.5, 0.6) is 0 Å². The van der Waals surface area contributed by atoms with Crippen molar-refractivity contribution in [2.24, 2.45) is 4.99 Å². The molecule has 0 unspecified atom stereocenters. The number of aliphatic hydroxyl groups is 1. The van der Waals surface area contributed by atoms with E-state index < -0.39 is 0 Å². The minimum absolute atomic E-state index is 0.411. The van der Waals surface area contributed by atoms with Gasteiger partial charge in [-0.2, -0.15) is 0 Å². The van der Waals surface area contributed by atoms with Crippen LogP contribution in [-0.4, -0.2) is 18.4 Å². The van der Waals surface area contributed by atoms with Crippen molar-refractivity contribution in [3.63, 3.8) is 0 Å². The molecule has 0 aliphatic carbocycles. The van der Waals surface area contributed by atoms with Crippen molar-refractivity contribution < 1.29 is 5.11 Å². The standard InChI is InChI=1S/C8H15NO/c1-8(10)6-4-3-5-7-9-2/h6-7,10H,3-5H2,1-2H3/b8-6-,9-7?. The molecular weight excluding hydrogens is 126 g/mol. The van der Waals surface area contributed by atoms with Gasteiger partial charge in [0.05, 0.1) is 5.76 Å². The summed E-state index contributed by atoms with van der Waals surface area (Å²) in [5, 5.41) is 8.74. The minimum Gasteiger partial charge on any atom is -0.513 e. The van der Waals surface area contributed by atoms with E-state index >= 15 is 0 Å². The second kappa shape index (κ2) is 6.33. The fraction of sp³-hybridized carbons (Fsp3) is 0.625. The summed E-state index contributed by atoms with van der Waals surface area (Å²) in [4.78, 5) is 3.84. The Morgan fingerprint density at radius 2 is 2.20 bits per heavy atom. The Hall–Kier alpha value is -0.790. The number of nitrogens with zero attached hydrogens (tertiary/aromatic N) is 1. The summed E-state index contributed by atoms with van der Waals surface area (Å²) in [6, 6.07) is 0. The Bertz CT molecular complexity index is 123. The van der Waals surface area contributed by atoms with Gasteiger partial charge >= 0.3 is 0 Å². The van der Waals surface area contributed by atoms with Crippen molar-refractivity contribution in [1.29, 1.82) is 0 Å². The van der Waals surface area contributed by atoms with E-state index in [4.69, 9.17) is 5.11 Å². The van der Waals surface area contributed by atoms with Crippen LogP contribution in [0.1, 0.15) is 26.2 Å². The van der Waals surface area contributed by atoms with Gasteiger partial charge in [-0.3, -0.25) is 0 Å². The highest BCUT2D eigenvalue weighted by Crippen LogP contribution is 1.96. The first kappa shape index (κ1) is 9.21. The molecule has 0 aliphatic rings. The summed E-state index contributed by atoms with van der Waals surface area (Å²) in [5.41, 5.74) is 0. The molecule has 0 amide bonds. The summed E-state index contributed by atoms with van der Waals surface area (Å²) in [6.07, 6.45) is 6.72. The van der Waals surface area contributed by atoms with Gasteiger partial charge in [0.1, 0.15) is 0 Å². The van der Waals surface area contributed by atoms with Crippen LogP contribution in [0.3, 0.4) is 0 Å². The topological polar surface area (TPSA) is 32.6 Å². The van der Waals surface area contributed by atoms with Gasteiger partial charge in [0.15, 0.2) is 0 Å². The summed E-state index contributed by atoms with van der Waals surface area (Å²) < 4.78 is 0. The number of aliphatic imine (C=N–C) groups is 1. The van der Waals surface area contributed by atoms with E-state index in [-0.39, 0.29) is 0 Å². The van der Waals surface area contributed by atoms with Gasteiger partial charge in [-0.25, -0.2) is 0 Å². The molecule has 2 nitrogen and oxygen atoms in total. The highest BCUT2D eigenvalue weighted by Gasteiger charge is 1.82. The number of allylic oxidation sites excluding steroid dienone is 2. The molecule has 0 saturated heterocycles. The Morgan fingerprint density at radius 3 is 2.70 bits per heavy atom. The molecule has 0 saturated carbocycles. The van der Waals surface area contributed by atoms with Crippen molar-refractivity contribution in [3.05, 3.63) is 11.8 Å². The van der Waals surface area contributed by atoms with Crippen LogP contribution in [0.4, 0.5) is 0 Å². The van der Waals surface area contributed by atoms with E-state index in [0.717, 1.165) is 19.3 Å². The first-order valence-electron chi connectivity index (χ1n) is 3.53. The first-order chi connectivity index (χ1) is 4.77. The van der Waals surface area contributed by atoms with E-state index in [2.05, 4.69) is 4.99 Å². The van der Waals surface area contributed by atoms with Crippen molar-refractivity contribution in [2.75, 3.05) is 7.05 Å². The van der Waals surface area contributed by atoms with Crippen LogP contribution >= 0.6 is 0 Å². The van der Waals surface area contributed by atoms with Gasteiger partial charge in [-0.15, -0.1) is 0 Å². The lowest BCUT2D eigenvalue weighted by Crippen LogP contribution is -1.76. The van der Waals surface area contributed by atoms with Gasteiger partial charge in [0.2, 0.25) is 0 Å². The number of hydrogen-bond acceptors (Lipinski definition) is 2. The van der Waals surface area contributed by atoms with Crippen LogP contribution in [0.25, 0.3) is 0 Å². The molecule has 0 aromatic heterocycles. The fourth-order valence-electron chi connectivity index (χ4n) is 0.649. The van der Waals surface area contributed by atoms with Gasteiger partial charge < -0.3 is 10.1 Å². The molecule has 0 radical (unpaired) electrons. The summed E-state index contributed by atoms with van der Waals surface area (Å²) in [7, 11) is 1.77. The molecule has 1 N–H and O–H groups in total. The first-order valence-corrected chi connectivity index (χ1v) is 3.53. The van der Waals surface area contributed by atoms with Crippen molar-refractivity contribution in [1.82, 2.24) is 0 Å². The van der Waals surface area contributed by atoms with E-state index in [1.807, 2.05) is 12.3 Å². The Balaban J connectivity index is 3.13. The Labute approximate surface area is 62.3 Å². The van der Waals surface area contributed by atoms with Crippen LogP contribution in [0, 0.1) is 0 Å². The van der Waals surface area contributed by atoms with Gasteiger partial charge in [-0.1, -0.05) is 0 Å². The van der Waals surface area contributed by atoms with Crippen LogP contribution in [-0.2, 0) is 0 Å². The third kappa shape index (κ3) is 7.21. The Kier molecular flexibility index (Phi) is 5.83. The predicted molar refractivity (Wildman–Crippen MR) is 44.7 cm³/mol. The molecule has 0 spiro atoms. The second-order valence-electron chi connectivity index (χ2n) is 2.22. The summed E-state index contributed by atoms with van der Waals surface area (Å²) in [5.74, 6) is 0.411. The van der Waals surface area contributed by atoms with E-state index in [1.54, 1.807) is 14.0 Å². The third-order valence-electron chi connectivity index (χ3n) is 1.16. The quantitative estimate of drug-likeness (QED) is 0.364. The van der Waals surface area contributed by atoms with Crippen molar-refractivity contribution in [2.45, 2.75) is 26.2 Å². The molecule has 0 heterocycles. The number of hydrogen-bond donors (Lipinski definition) is 1. The van der Waals surface area contributed by atoms with Crippen LogP contribution in [0.15, 0.2) is 16.8 Å². The normalized spacial score (nSPS) is 12.8. The number of unbranched alkanes of at least 4 members (excludes halogenated alkanes) is 2. The zero-order valence-corrected chi connectivity index (χ0v) is 6.67. The Morgan fingerprint density at radius 1 is 1.50 bits per heavy atom. The molecule has 10 heavy (non-hydrogen) atoms. The largest absolute Gasteiger partial charge is 0.513 e. The SMILES string of the molecule is CN=CCCC/C=C(/C)O.